The number of carbonyl (C=O) groups is 3. The Labute approximate surface area is 122 Å². The van der Waals surface area contributed by atoms with Crippen LogP contribution in [0.15, 0.2) is 24.3 Å². The average molecular weight is 293 g/mol. The zero-order valence-electron chi connectivity index (χ0n) is 11.6. The molecule has 0 saturated carbocycles. The van der Waals surface area contributed by atoms with Crippen LogP contribution in [0, 0.1) is 0 Å². The van der Waals surface area contributed by atoms with Crippen molar-refractivity contribution in [2.24, 2.45) is 5.73 Å². The van der Waals surface area contributed by atoms with Gasteiger partial charge < -0.3 is 21.1 Å². The summed E-state index contributed by atoms with van der Waals surface area (Å²) in [5, 5.41) is 5.23. The van der Waals surface area contributed by atoms with Crippen LogP contribution in [0.2, 0.25) is 0 Å². The first-order chi connectivity index (χ1) is 10.1. The van der Waals surface area contributed by atoms with Crippen molar-refractivity contribution in [3.8, 4) is 0 Å². The van der Waals surface area contributed by atoms with Gasteiger partial charge in [-0.05, 0) is 30.5 Å². The molecule has 114 valence electrons. The summed E-state index contributed by atoms with van der Waals surface area (Å²) >= 11 is 0. The molecule has 1 rings (SSSR count). The lowest BCUT2D eigenvalue weighted by Gasteiger charge is -2.06. The van der Waals surface area contributed by atoms with E-state index in [-0.39, 0.29) is 12.5 Å². The van der Waals surface area contributed by atoms with E-state index in [1.165, 1.54) is 0 Å². The summed E-state index contributed by atoms with van der Waals surface area (Å²) in [4.78, 5) is 32.2. The van der Waals surface area contributed by atoms with Crippen molar-refractivity contribution < 1.29 is 19.1 Å². The maximum absolute atomic E-state index is 11.7. The highest BCUT2D eigenvalue weighted by Gasteiger charge is 2.03. The molecule has 0 aliphatic heterocycles. The minimum Gasteiger partial charge on any atom is -0.463 e. The van der Waals surface area contributed by atoms with E-state index in [2.05, 4.69) is 15.4 Å². The number of benzene rings is 1. The van der Waals surface area contributed by atoms with E-state index in [1.807, 2.05) is 0 Å². The highest BCUT2D eigenvalue weighted by molar-refractivity contribution is 5.90. The Morgan fingerprint density at radius 2 is 1.90 bits per heavy atom. The molecule has 1 aromatic carbocycles. The van der Waals surface area contributed by atoms with Crippen LogP contribution in [-0.2, 0) is 20.9 Å². The number of ether oxygens (including phenoxy) is 1. The molecule has 0 aliphatic carbocycles. The molecule has 1 aromatic rings. The first-order valence-electron chi connectivity index (χ1n) is 6.59. The molecular formula is C14H19N3O4. The number of nitrogens with two attached hydrogens (primary N) is 1. The minimum atomic E-state index is -0.557. The molecule has 0 saturated heterocycles. The fraction of sp³-hybridized carbons (Fsp3) is 0.357. The van der Waals surface area contributed by atoms with Gasteiger partial charge in [-0.2, -0.15) is 0 Å². The highest BCUT2D eigenvalue weighted by Crippen LogP contribution is 2.11. The highest BCUT2D eigenvalue weighted by atomic mass is 16.5. The van der Waals surface area contributed by atoms with Gasteiger partial charge in [-0.25, -0.2) is 4.79 Å². The summed E-state index contributed by atoms with van der Waals surface area (Å²) in [6, 6.07) is 6.48. The Morgan fingerprint density at radius 3 is 2.52 bits per heavy atom. The lowest BCUT2D eigenvalue weighted by Crippen LogP contribution is -2.30. The molecule has 0 bridgehead atoms. The third-order valence-corrected chi connectivity index (χ3v) is 2.69. The van der Waals surface area contributed by atoms with Crippen LogP contribution >= 0.6 is 0 Å². The second kappa shape index (κ2) is 9.35. The first kappa shape index (κ1) is 16.5. The lowest BCUT2D eigenvalue weighted by atomic mass is 10.2. The van der Waals surface area contributed by atoms with Gasteiger partial charge in [-0.1, -0.05) is 12.1 Å². The average Bonchev–Trinajstić information content (AvgIpc) is 2.46. The molecule has 7 heteroatoms. The predicted octanol–water partition coefficient (Wildman–Crippen LogP) is 1.14. The fourth-order valence-corrected chi connectivity index (χ4v) is 1.66. The van der Waals surface area contributed by atoms with Gasteiger partial charge in [-0.15, -0.1) is 0 Å². The molecule has 4 N–H and O–H groups in total. The summed E-state index contributed by atoms with van der Waals surface area (Å²) in [5.41, 5.74) is 6.45. The number of nitrogens with one attached hydrogen (secondary N) is 2. The van der Waals surface area contributed by atoms with Crippen molar-refractivity contribution in [2.75, 3.05) is 11.9 Å². The largest absolute Gasteiger partial charge is 0.463 e. The van der Waals surface area contributed by atoms with E-state index >= 15 is 0 Å². The summed E-state index contributed by atoms with van der Waals surface area (Å²) in [6.45, 7) is 1.07. The number of hydrogen-bond acceptors (Lipinski definition) is 4. The molecule has 0 spiro atoms. The van der Waals surface area contributed by atoms with E-state index in [0.717, 1.165) is 5.56 Å². The number of amides is 3. The molecule has 0 atom stereocenters. The summed E-state index contributed by atoms with van der Waals surface area (Å²) in [7, 11) is 0. The van der Waals surface area contributed by atoms with E-state index in [9.17, 15) is 14.4 Å². The van der Waals surface area contributed by atoms with Crippen LogP contribution in [0.4, 0.5) is 10.5 Å². The van der Waals surface area contributed by atoms with Gasteiger partial charge in [0, 0.05) is 18.7 Å². The third kappa shape index (κ3) is 7.56. The quantitative estimate of drug-likeness (QED) is 0.468. The predicted molar refractivity (Wildman–Crippen MR) is 77.4 cm³/mol. The van der Waals surface area contributed by atoms with Crippen LogP contribution in [0.1, 0.15) is 24.8 Å². The Morgan fingerprint density at radius 1 is 1.19 bits per heavy atom. The molecule has 3 amide bonds. The van der Waals surface area contributed by atoms with Gasteiger partial charge in [0.15, 0.2) is 0 Å². The van der Waals surface area contributed by atoms with Crippen LogP contribution in [0.3, 0.4) is 0 Å². The Balaban J connectivity index is 2.24. The number of anilines is 1. The van der Waals surface area contributed by atoms with E-state index < -0.39 is 6.03 Å². The Kier molecular flexibility index (Phi) is 7.34. The summed E-state index contributed by atoms with van der Waals surface area (Å²) < 4.78 is 4.63. The standard InChI is InChI=1S/C14H19N3O4/c15-14(20)16-8-2-1-3-13(19)17-12-6-4-11(5-7-12)9-21-10-18/h4-7,10H,1-3,8-9H2,(H,17,19)(H3,15,16,20). The molecule has 0 radical (unpaired) electrons. The molecule has 21 heavy (non-hydrogen) atoms. The summed E-state index contributed by atoms with van der Waals surface area (Å²) in [5.74, 6) is -0.0917. The van der Waals surface area contributed by atoms with Crippen molar-refractivity contribution in [3.05, 3.63) is 29.8 Å². The van der Waals surface area contributed by atoms with E-state index in [1.54, 1.807) is 24.3 Å². The maximum atomic E-state index is 11.7. The number of unbranched alkanes of at least 4 members (excludes halogenated alkanes) is 1. The van der Waals surface area contributed by atoms with Gasteiger partial charge in [-0.3, -0.25) is 9.59 Å². The maximum Gasteiger partial charge on any atom is 0.312 e. The molecule has 0 heterocycles. The molecule has 0 fully saturated rings. The third-order valence-electron chi connectivity index (χ3n) is 2.69. The topological polar surface area (TPSA) is 111 Å². The van der Waals surface area contributed by atoms with Crippen LogP contribution in [0.25, 0.3) is 0 Å². The monoisotopic (exact) mass is 293 g/mol. The second-order valence-corrected chi connectivity index (χ2v) is 4.40. The Hall–Kier alpha value is -2.57. The van der Waals surface area contributed by atoms with Gasteiger partial charge in [0.05, 0.1) is 0 Å². The van der Waals surface area contributed by atoms with Crippen LogP contribution < -0.4 is 16.4 Å². The van der Waals surface area contributed by atoms with Gasteiger partial charge in [0.2, 0.25) is 5.91 Å². The molecule has 0 unspecified atom stereocenters. The van der Waals surface area contributed by atoms with Crippen molar-refractivity contribution in [1.82, 2.24) is 5.32 Å². The van der Waals surface area contributed by atoms with E-state index in [0.29, 0.717) is 38.0 Å². The van der Waals surface area contributed by atoms with Crippen molar-refractivity contribution in [3.63, 3.8) is 0 Å². The van der Waals surface area contributed by atoms with Crippen molar-refractivity contribution in [1.29, 1.82) is 0 Å². The van der Waals surface area contributed by atoms with E-state index in [4.69, 9.17) is 5.73 Å². The SMILES string of the molecule is NC(=O)NCCCCC(=O)Nc1ccc(COC=O)cc1. The number of primary amides is 1. The number of urea groups is 1. The van der Waals surface area contributed by atoms with Crippen molar-refractivity contribution >= 4 is 24.1 Å². The number of rotatable bonds is 9. The zero-order valence-corrected chi connectivity index (χ0v) is 11.6. The fourth-order valence-electron chi connectivity index (χ4n) is 1.66. The van der Waals surface area contributed by atoms with Gasteiger partial charge in [0.25, 0.3) is 6.47 Å². The van der Waals surface area contributed by atoms with Crippen LogP contribution in [0.5, 0.6) is 0 Å². The molecule has 0 aliphatic rings. The summed E-state index contributed by atoms with van der Waals surface area (Å²) in [6.07, 6.45) is 1.73. The van der Waals surface area contributed by atoms with Gasteiger partial charge >= 0.3 is 6.03 Å². The zero-order chi connectivity index (χ0) is 15.5. The van der Waals surface area contributed by atoms with Crippen LogP contribution in [-0.4, -0.2) is 25.0 Å². The number of carbonyl (C=O) groups excluding carboxylic acids is 3. The second-order valence-electron chi connectivity index (χ2n) is 4.40. The molecule has 7 nitrogen and oxygen atoms in total. The normalized spacial score (nSPS) is 9.71. The Bertz CT molecular complexity index is 474. The number of hydrogen-bond donors (Lipinski definition) is 3. The first-order valence-corrected chi connectivity index (χ1v) is 6.59. The smallest absolute Gasteiger partial charge is 0.312 e. The lowest BCUT2D eigenvalue weighted by molar-refractivity contribution is -0.129. The molecular weight excluding hydrogens is 274 g/mol. The molecule has 0 aromatic heterocycles. The van der Waals surface area contributed by atoms with Gasteiger partial charge in [0.1, 0.15) is 6.61 Å². The minimum absolute atomic E-state index is 0.0917. The van der Waals surface area contributed by atoms with Crippen molar-refractivity contribution in [2.45, 2.75) is 25.9 Å².